The van der Waals surface area contributed by atoms with Crippen LogP contribution in [0.3, 0.4) is 0 Å². The van der Waals surface area contributed by atoms with E-state index in [0.29, 0.717) is 23.7 Å². The van der Waals surface area contributed by atoms with E-state index in [2.05, 4.69) is 11.6 Å². The van der Waals surface area contributed by atoms with Crippen LogP contribution in [0.5, 0.6) is 5.75 Å². The van der Waals surface area contributed by atoms with Crippen LogP contribution in [0.1, 0.15) is 21.5 Å². The molecule has 0 spiro atoms. The van der Waals surface area contributed by atoms with Crippen LogP contribution < -0.4 is 4.74 Å². The lowest BCUT2D eigenvalue weighted by Gasteiger charge is -2.14. The third kappa shape index (κ3) is 4.01. The molecule has 4 nitrogen and oxygen atoms in total. The van der Waals surface area contributed by atoms with E-state index in [4.69, 9.17) is 4.74 Å². The molecule has 0 fully saturated rings. The van der Waals surface area contributed by atoms with Crippen LogP contribution in [-0.2, 0) is 6.61 Å². The molecule has 0 saturated heterocycles. The molecule has 0 amide bonds. The average Bonchev–Trinajstić information content (AvgIpc) is 3.28. The maximum atomic E-state index is 13.0. The molecule has 0 saturated carbocycles. The van der Waals surface area contributed by atoms with E-state index in [1.807, 2.05) is 66.7 Å². The SMILES string of the molecule is C=Cc1ccc(OCc2ccccc2)c(-c2nccn2C(=O)c2ccccc2)c1. The predicted molar refractivity (Wildman–Crippen MR) is 115 cm³/mol. The van der Waals surface area contributed by atoms with Gasteiger partial charge in [0.05, 0.1) is 5.56 Å². The molecule has 0 radical (unpaired) electrons. The Balaban J connectivity index is 1.72. The van der Waals surface area contributed by atoms with E-state index in [1.165, 1.54) is 0 Å². The number of ether oxygens (including phenoxy) is 1. The summed E-state index contributed by atoms with van der Waals surface area (Å²) in [6.45, 7) is 4.27. The van der Waals surface area contributed by atoms with E-state index < -0.39 is 0 Å². The second-order valence-electron chi connectivity index (χ2n) is 6.53. The fourth-order valence-corrected chi connectivity index (χ4v) is 3.10. The van der Waals surface area contributed by atoms with Gasteiger partial charge in [-0.3, -0.25) is 9.36 Å². The number of carbonyl (C=O) groups is 1. The van der Waals surface area contributed by atoms with Crippen molar-refractivity contribution in [1.82, 2.24) is 9.55 Å². The molecule has 29 heavy (non-hydrogen) atoms. The standard InChI is InChI=1S/C25H20N2O2/c1-2-19-13-14-23(29-18-20-9-5-3-6-10-20)22(17-19)24-26-15-16-27(24)25(28)21-11-7-4-8-12-21/h2-17H,1,18H2. The summed E-state index contributed by atoms with van der Waals surface area (Å²) in [5, 5.41) is 0. The Kier molecular flexibility index (Phi) is 5.34. The van der Waals surface area contributed by atoms with Crippen molar-refractivity contribution in [3.63, 3.8) is 0 Å². The topological polar surface area (TPSA) is 44.1 Å². The highest BCUT2D eigenvalue weighted by molar-refractivity contribution is 5.98. The minimum atomic E-state index is -0.142. The van der Waals surface area contributed by atoms with Crippen LogP contribution in [0.4, 0.5) is 0 Å². The van der Waals surface area contributed by atoms with Crippen molar-refractivity contribution in [3.8, 4) is 17.1 Å². The van der Waals surface area contributed by atoms with Gasteiger partial charge in [0, 0.05) is 18.0 Å². The Labute approximate surface area is 169 Å². The van der Waals surface area contributed by atoms with Gasteiger partial charge >= 0.3 is 0 Å². The van der Waals surface area contributed by atoms with Gasteiger partial charge in [0.1, 0.15) is 12.4 Å². The molecule has 4 rings (SSSR count). The molecule has 4 aromatic rings. The Bertz CT molecular complexity index is 1130. The van der Waals surface area contributed by atoms with E-state index in [-0.39, 0.29) is 5.91 Å². The molecule has 3 aromatic carbocycles. The molecule has 1 heterocycles. The van der Waals surface area contributed by atoms with Gasteiger partial charge in [0.25, 0.3) is 5.91 Å². The molecule has 0 aliphatic carbocycles. The quantitative estimate of drug-likeness (QED) is 0.446. The number of benzene rings is 3. The van der Waals surface area contributed by atoms with E-state index in [9.17, 15) is 4.79 Å². The lowest BCUT2D eigenvalue weighted by atomic mass is 10.1. The Morgan fingerprint density at radius 3 is 2.45 bits per heavy atom. The molecule has 0 N–H and O–H groups in total. The number of imidazole rings is 1. The van der Waals surface area contributed by atoms with Crippen LogP contribution in [0.25, 0.3) is 17.5 Å². The van der Waals surface area contributed by atoms with Crippen molar-refractivity contribution in [2.24, 2.45) is 0 Å². The highest BCUT2D eigenvalue weighted by Crippen LogP contribution is 2.31. The van der Waals surface area contributed by atoms with Gasteiger partial charge < -0.3 is 4.74 Å². The summed E-state index contributed by atoms with van der Waals surface area (Å²) in [6.07, 6.45) is 5.06. The molecule has 0 atom stereocenters. The second kappa shape index (κ2) is 8.40. The highest BCUT2D eigenvalue weighted by atomic mass is 16.5. The lowest BCUT2D eigenvalue weighted by molar-refractivity contribution is 0.0961. The zero-order valence-corrected chi connectivity index (χ0v) is 15.9. The van der Waals surface area contributed by atoms with Crippen LogP contribution in [0.2, 0.25) is 0 Å². The molecule has 1 aromatic heterocycles. The molecule has 142 valence electrons. The normalized spacial score (nSPS) is 10.5. The summed E-state index contributed by atoms with van der Waals surface area (Å²) >= 11 is 0. The fraction of sp³-hybridized carbons (Fsp3) is 0.0400. The molecule has 0 aliphatic rings. The third-order valence-corrected chi connectivity index (χ3v) is 4.60. The Hall–Kier alpha value is -3.92. The van der Waals surface area contributed by atoms with Gasteiger partial charge in [-0.25, -0.2) is 4.98 Å². The van der Waals surface area contributed by atoms with E-state index in [0.717, 1.165) is 16.7 Å². The van der Waals surface area contributed by atoms with Crippen molar-refractivity contribution in [3.05, 3.63) is 115 Å². The van der Waals surface area contributed by atoms with Crippen molar-refractivity contribution < 1.29 is 9.53 Å². The number of nitrogens with zero attached hydrogens (tertiary/aromatic N) is 2. The first-order valence-electron chi connectivity index (χ1n) is 9.33. The van der Waals surface area contributed by atoms with Gasteiger partial charge in [-0.2, -0.15) is 0 Å². The second-order valence-corrected chi connectivity index (χ2v) is 6.53. The number of rotatable bonds is 6. The van der Waals surface area contributed by atoms with Gasteiger partial charge in [0.15, 0.2) is 5.82 Å². The molecular weight excluding hydrogens is 360 g/mol. The van der Waals surface area contributed by atoms with Crippen molar-refractivity contribution in [2.75, 3.05) is 0 Å². The van der Waals surface area contributed by atoms with E-state index in [1.54, 1.807) is 35.2 Å². The smallest absolute Gasteiger partial charge is 0.263 e. The molecule has 0 bridgehead atoms. The van der Waals surface area contributed by atoms with Gasteiger partial charge in [-0.05, 0) is 35.4 Å². The largest absolute Gasteiger partial charge is 0.488 e. The molecule has 0 aliphatic heterocycles. The van der Waals surface area contributed by atoms with Crippen molar-refractivity contribution >= 4 is 12.0 Å². The minimum absolute atomic E-state index is 0.142. The van der Waals surface area contributed by atoms with Gasteiger partial charge in [-0.1, -0.05) is 67.3 Å². The van der Waals surface area contributed by atoms with Crippen LogP contribution in [0.15, 0.2) is 97.8 Å². The van der Waals surface area contributed by atoms with Crippen LogP contribution in [-0.4, -0.2) is 15.5 Å². The number of hydrogen-bond donors (Lipinski definition) is 0. The molecule has 4 heteroatoms. The van der Waals surface area contributed by atoms with Crippen LogP contribution in [0, 0.1) is 0 Å². The Morgan fingerprint density at radius 2 is 1.72 bits per heavy atom. The first-order valence-corrected chi connectivity index (χ1v) is 9.33. The summed E-state index contributed by atoms with van der Waals surface area (Å²) in [6, 6.07) is 24.9. The Morgan fingerprint density at radius 1 is 1.00 bits per heavy atom. The van der Waals surface area contributed by atoms with Crippen LogP contribution >= 0.6 is 0 Å². The summed E-state index contributed by atoms with van der Waals surface area (Å²) in [5.74, 6) is 1.05. The van der Waals surface area contributed by atoms with Gasteiger partial charge in [0.2, 0.25) is 0 Å². The number of hydrogen-bond acceptors (Lipinski definition) is 3. The zero-order valence-electron chi connectivity index (χ0n) is 15.9. The third-order valence-electron chi connectivity index (χ3n) is 4.60. The fourth-order valence-electron chi connectivity index (χ4n) is 3.10. The summed E-state index contributed by atoms with van der Waals surface area (Å²) < 4.78 is 7.64. The average molecular weight is 380 g/mol. The minimum Gasteiger partial charge on any atom is -0.488 e. The molecular formula is C25H20N2O2. The lowest BCUT2D eigenvalue weighted by Crippen LogP contribution is -2.13. The first kappa shape index (κ1) is 18.4. The summed E-state index contributed by atoms with van der Waals surface area (Å²) in [7, 11) is 0. The number of aromatic nitrogens is 2. The maximum absolute atomic E-state index is 13.0. The highest BCUT2D eigenvalue weighted by Gasteiger charge is 2.18. The van der Waals surface area contributed by atoms with E-state index >= 15 is 0 Å². The van der Waals surface area contributed by atoms with Crippen molar-refractivity contribution in [1.29, 1.82) is 0 Å². The monoisotopic (exact) mass is 380 g/mol. The van der Waals surface area contributed by atoms with Gasteiger partial charge in [-0.15, -0.1) is 0 Å². The predicted octanol–water partition coefficient (Wildman–Crippen LogP) is 5.46. The van der Waals surface area contributed by atoms with Crippen molar-refractivity contribution in [2.45, 2.75) is 6.61 Å². The summed E-state index contributed by atoms with van der Waals surface area (Å²) in [4.78, 5) is 17.5. The zero-order chi connectivity index (χ0) is 20.1. The molecule has 0 unspecified atom stereocenters. The summed E-state index contributed by atoms with van der Waals surface area (Å²) in [5.41, 5.74) is 3.33. The maximum Gasteiger partial charge on any atom is 0.263 e. The first-order chi connectivity index (χ1) is 14.3. The number of carbonyl (C=O) groups excluding carboxylic acids is 1.